The molecule has 4 amide bonds. The summed E-state index contributed by atoms with van der Waals surface area (Å²) in [5, 5.41) is 25.7. The van der Waals surface area contributed by atoms with Crippen molar-refractivity contribution in [3.05, 3.63) is 105 Å². The summed E-state index contributed by atoms with van der Waals surface area (Å²) in [6.07, 6.45) is 1.03. The molecule has 386 valence electrons. The Morgan fingerprint density at radius 3 is 2.37 bits per heavy atom. The number of unbranched alkanes of at least 4 members (excludes halogenated alkanes) is 2. The number of likely N-dealkylation sites (tertiary alicyclic amines) is 1. The van der Waals surface area contributed by atoms with E-state index in [0.29, 0.717) is 53.5 Å². The Hall–Kier alpha value is -6.30. The number of thiazole rings is 1. The third-order valence-electron chi connectivity index (χ3n) is 14.1. The molecule has 3 aliphatic rings. The molecule has 0 bridgehead atoms. The quantitative estimate of drug-likeness (QED) is 0.0527. The predicted molar refractivity (Wildman–Crippen MR) is 277 cm³/mol. The monoisotopic (exact) mass is 1030 g/mol. The molecule has 7 rings (SSSR count). The molecule has 2 aliphatic heterocycles. The molecule has 3 aromatic carbocycles. The minimum absolute atomic E-state index is 0.0149. The van der Waals surface area contributed by atoms with Crippen molar-refractivity contribution in [3.63, 3.8) is 0 Å². The van der Waals surface area contributed by atoms with Crippen molar-refractivity contribution >= 4 is 52.5 Å². The molecular weight excluding hydrogens is 968 g/mol. The van der Waals surface area contributed by atoms with Crippen LogP contribution < -0.4 is 15.4 Å². The van der Waals surface area contributed by atoms with Gasteiger partial charge in [0, 0.05) is 67.0 Å². The zero-order chi connectivity index (χ0) is 53.0. The molecule has 4 aromatic rings. The Balaban J connectivity index is 0.878. The number of nitrogens with one attached hydrogen (secondary N) is 2. The topological polar surface area (TPSA) is 200 Å². The summed E-state index contributed by atoms with van der Waals surface area (Å²) in [6, 6.07) is 17.3. The first-order valence-electron chi connectivity index (χ1n) is 24.6. The van der Waals surface area contributed by atoms with Crippen molar-refractivity contribution in [2.24, 2.45) is 16.2 Å². The van der Waals surface area contributed by atoms with Crippen LogP contribution in [0.4, 0.5) is 0 Å². The largest absolute Gasteiger partial charge is 0.489 e. The summed E-state index contributed by atoms with van der Waals surface area (Å²) in [4.78, 5) is 76.1. The fourth-order valence-corrected chi connectivity index (χ4v) is 12.0. The van der Waals surface area contributed by atoms with Gasteiger partial charge in [-0.2, -0.15) is 5.26 Å². The standard InChI is InChI=1S/C56H65ClN6O9S/c1-33-47(73-32-59-33)37-18-16-36(17-19-37)44(30-64)60-49(67)45-26-41(71-34(2)65)29-62(45)51(69)48(54(3,4)5)61-46(66)31-70-23-13-11-10-12-14-35-15-22-42-39(24-35)28-63(50(42)68)52-55(6,7)53(56(52,8)9)72-40-21-20-38(27-58)43(57)25-40/h15-22,24-25,32,41,44-45,48,52-53,64H,10-11,13,23,26,28-31H2,1-9H3,(H,60,67)(H,61,66)/t41-,44+,45+,48-,52?,53?/m1/s1. The van der Waals surface area contributed by atoms with Crippen LogP contribution in [0.5, 0.6) is 5.75 Å². The number of aliphatic hydroxyl groups excluding tert-OH is 1. The molecule has 4 atom stereocenters. The molecule has 0 spiro atoms. The number of aryl methyl sites for hydroxylation is 1. The van der Waals surface area contributed by atoms with Crippen LogP contribution in [0.1, 0.15) is 125 Å². The third-order valence-corrected chi connectivity index (χ3v) is 15.3. The van der Waals surface area contributed by atoms with Gasteiger partial charge in [-0.05, 0) is 72.2 Å². The number of carbonyl (C=O) groups is 5. The van der Waals surface area contributed by atoms with Crippen molar-refractivity contribution in [1.82, 2.24) is 25.4 Å². The van der Waals surface area contributed by atoms with E-state index in [2.05, 4.69) is 61.2 Å². The molecule has 3 N–H and O–H groups in total. The fourth-order valence-electron chi connectivity index (χ4n) is 11.0. The minimum atomic E-state index is -1.05. The number of rotatable bonds is 17. The van der Waals surface area contributed by atoms with Crippen LogP contribution in [0.15, 0.2) is 66.2 Å². The van der Waals surface area contributed by atoms with Crippen LogP contribution in [0.3, 0.4) is 0 Å². The van der Waals surface area contributed by atoms with E-state index in [1.165, 1.54) is 23.2 Å². The molecule has 1 aliphatic carbocycles. The molecule has 3 heterocycles. The smallest absolute Gasteiger partial charge is 0.302 e. The van der Waals surface area contributed by atoms with Gasteiger partial charge in [0.2, 0.25) is 17.7 Å². The molecule has 1 aromatic heterocycles. The lowest BCUT2D eigenvalue weighted by Crippen LogP contribution is -2.74. The van der Waals surface area contributed by atoms with Crippen molar-refractivity contribution in [3.8, 4) is 34.1 Å². The van der Waals surface area contributed by atoms with Gasteiger partial charge >= 0.3 is 5.97 Å². The zero-order valence-electron chi connectivity index (χ0n) is 43.0. The van der Waals surface area contributed by atoms with Crippen LogP contribution in [0, 0.1) is 46.3 Å². The van der Waals surface area contributed by atoms with Crippen molar-refractivity contribution in [2.75, 3.05) is 26.4 Å². The number of esters is 1. The lowest BCUT2D eigenvalue weighted by atomic mass is 9.49. The third kappa shape index (κ3) is 12.1. The first-order chi connectivity index (χ1) is 34.5. The average Bonchev–Trinajstić information content (AvgIpc) is 4.05. The molecule has 1 saturated heterocycles. The van der Waals surface area contributed by atoms with Gasteiger partial charge in [0.15, 0.2) is 0 Å². The number of nitriles is 1. The number of hydrogen-bond acceptors (Lipinski definition) is 12. The summed E-state index contributed by atoms with van der Waals surface area (Å²) in [5.41, 5.74) is 5.56. The van der Waals surface area contributed by atoms with Crippen LogP contribution in [0.25, 0.3) is 10.4 Å². The maximum absolute atomic E-state index is 14.4. The summed E-state index contributed by atoms with van der Waals surface area (Å²) in [7, 11) is 0. The number of amides is 4. The first-order valence-corrected chi connectivity index (χ1v) is 25.9. The van der Waals surface area contributed by atoms with Crippen molar-refractivity contribution < 1.29 is 43.3 Å². The Kier molecular flexibility index (Phi) is 16.7. The number of aromatic nitrogens is 1. The van der Waals surface area contributed by atoms with E-state index >= 15 is 0 Å². The maximum atomic E-state index is 14.4. The molecule has 2 fully saturated rings. The average molecular weight is 1030 g/mol. The lowest BCUT2D eigenvalue weighted by Gasteiger charge is -2.65. The van der Waals surface area contributed by atoms with E-state index < -0.39 is 59.9 Å². The van der Waals surface area contributed by atoms with Crippen LogP contribution in [-0.2, 0) is 35.2 Å². The van der Waals surface area contributed by atoms with E-state index in [1.54, 1.807) is 23.7 Å². The number of nitrogens with zero attached hydrogens (tertiary/aromatic N) is 4. The highest BCUT2D eigenvalue weighted by atomic mass is 35.5. The van der Waals surface area contributed by atoms with Gasteiger partial charge in [0.05, 0.1) is 45.9 Å². The number of halogens is 1. The van der Waals surface area contributed by atoms with Gasteiger partial charge in [-0.15, -0.1) is 11.3 Å². The number of carbonyl (C=O) groups excluding carboxylic acids is 5. The molecule has 0 unspecified atom stereocenters. The SMILES string of the molecule is CC(=O)O[C@@H]1C[C@@H](C(=O)N[C@@H](CO)c2ccc(-c3scnc3C)cc2)N(C(=O)[C@@H](NC(=O)COCCCCC#Cc2ccc3c(c2)CN(C2C(C)(C)C(Oc4ccc(C#N)c(Cl)c4)C2(C)C)C3=O)C(C)(C)C)C1. The normalized spacial score (nSPS) is 20.4. The van der Waals surface area contributed by atoms with Crippen molar-refractivity contribution in [2.45, 2.75) is 131 Å². The van der Waals surface area contributed by atoms with E-state index in [9.17, 15) is 34.3 Å². The number of benzene rings is 3. The Labute approximate surface area is 436 Å². The van der Waals surface area contributed by atoms with Crippen LogP contribution >= 0.6 is 22.9 Å². The second kappa shape index (κ2) is 22.4. The second-order valence-corrected chi connectivity index (χ2v) is 22.6. The number of aliphatic hydroxyl groups is 1. The summed E-state index contributed by atoms with van der Waals surface area (Å²) in [6.45, 7) is 17.1. The second-order valence-electron chi connectivity index (χ2n) is 21.4. The van der Waals surface area contributed by atoms with E-state index in [4.69, 9.17) is 25.8 Å². The van der Waals surface area contributed by atoms with Gasteiger partial charge in [0.25, 0.3) is 5.91 Å². The van der Waals surface area contributed by atoms with Gasteiger partial charge in [-0.3, -0.25) is 24.0 Å². The van der Waals surface area contributed by atoms with Gasteiger partial charge in [-0.1, -0.05) is 96.2 Å². The molecule has 73 heavy (non-hydrogen) atoms. The van der Waals surface area contributed by atoms with Crippen LogP contribution in [-0.4, -0.2) is 106 Å². The first kappa shape index (κ1) is 54.5. The molecule has 17 heteroatoms. The fraction of sp³-hybridized carbons (Fsp3) is 0.482. The molecule has 1 saturated carbocycles. The summed E-state index contributed by atoms with van der Waals surface area (Å²) >= 11 is 7.81. The highest BCUT2D eigenvalue weighted by Gasteiger charge is 2.67. The number of ether oxygens (including phenoxy) is 3. The van der Waals surface area contributed by atoms with Crippen molar-refractivity contribution in [1.29, 1.82) is 5.26 Å². The predicted octanol–water partition coefficient (Wildman–Crippen LogP) is 7.93. The Morgan fingerprint density at radius 1 is 1.01 bits per heavy atom. The Bertz CT molecular complexity index is 2820. The molecule has 15 nitrogen and oxygen atoms in total. The van der Waals surface area contributed by atoms with E-state index in [-0.39, 0.29) is 48.5 Å². The highest BCUT2D eigenvalue weighted by molar-refractivity contribution is 7.13. The highest BCUT2D eigenvalue weighted by Crippen LogP contribution is 2.59. The number of hydrogen-bond donors (Lipinski definition) is 3. The number of fused-ring (bicyclic) bond motifs is 1. The van der Waals surface area contributed by atoms with E-state index in [0.717, 1.165) is 33.7 Å². The summed E-state index contributed by atoms with van der Waals surface area (Å²) in [5.74, 6) is 4.94. The van der Waals surface area contributed by atoms with Gasteiger partial charge < -0.3 is 39.8 Å². The minimum Gasteiger partial charge on any atom is -0.489 e. The lowest BCUT2D eigenvalue weighted by molar-refractivity contribution is -0.199. The molecular formula is C56H65ClN6O9S. The summed E-state index contributed by atoms with van der Waals surface area (Å²) < 4.78 is 17.7. The van der Waals surface area contributed by atoms with Gasteiger partial charge in [-0.25, -0.2) is 4.98 Å². The Morgan fingerprint density at radius 2 is 1.74 bits per heavy atom. The molecule has 0 radical (unpaired) electrons. The van der Waals surface area contributed by atoms with E-state index in [1.807, 2.05) is 75.1 Å². The zero-order valence-corrected chi connectivity index (χ0v) is 44.5. The van der Waals surface area contributed by atoms with Crippen LogP contribution in [0.2, 0.25) is 5.02 Å². The van der Waals surface area contributed by atoms with Gasteiger partial charge in [0.1, 0.15) is 42.7 Å². The maximum Gasteiger partial charge on any atom is 0.302 e.